The van der Waals surface area contributed by atoms with E-state index in [4.69, 9.17) is 0 Å². The number of rotatable bonds is 4. The first-order chi connectivity index (χ1) is 10.3. The molecule has 0 spiro atoms. The minimum absolute atomic E-state index is 0.283. The number of halogens is 1. The second-order valence-electron chi connectivity index (χ2n) is 5.04. The maximum absolute atomic E-state index is 4.51. The number of hydrogen-bond donors (Lipinski definition) is 1. The fraction of sp³-hybridized carbons (Fsp3) is 0.167. The lowest BCUT2D eigenvalue weighted by Gasteiger charge is -2.19. The molecule has 1 N–H and O–H groups in total. The first-order valence-corrected chi connectivity index (χ1v) is 7.93. The van der Waals surface area contributed by atoms with Crippen LogP contribution in [0.5, 0.6) is 0 Å². The normalized spacial score (nSPS) is 12.3. The van der Waals surface area contributed by atoms with E-state index in [0.29, 0.717) is 0 Å². The van der Waals surface area contributed by atoms with E-state index in [1.165, 1.54) is 5.56 Å². The molecule has 3 heteroatoms. The second-order valence-corrected chi connectivity index (χ2v) is 5.95. The molecule has 0 saturated heterocycles. The van der Waals surface area contributed by atoms with Gasteiger partial charge in [0.2, 0.25) is 0 Å². The predicted octanol–water partition coefficient (Wildman–Crippen LogP) is 5.56. The summed E-state index contributed by atoms with van der Waals surface area (Å²) in [4.78, 5) is 4.51. The molecular weight excluding hydrogens is 324 g/mol. The molecule has 1 aromatic heterocycles. The van der Waals surface area contributed by atoms with Gasteiger partial charge in [-0.25, -0.2) is 0 Å². The standard InChI is InChI=1S/C18H17BrN2/c1-2-16(13-8-10-15(19)11-9-13)21-17-7-3-5-14-6-4-12-20-18(14)17/h3-12,16,21H,2H2,1H3. The van der Waals surface area contributed by atoms with E-state index in [2.05, 4.69) is 81.7 Å². The number of benzene rings is 2. The van der Waals surface area contributed by atoms with E-state index in [-0.39, 0.29) is 6.04 Å². The highest BCUT2D eigenvalue weighted by molar-refractivity contribution is 9.10. The number of nitrogens with zero attached hydrogens (tertiary/aromatic N) is 1. The Kier molecular flexibility index (Phi) is 4.20. The van der Waals surface area contributed by atoms with Crippen molar-refractivity contribution in [1.29, 1.82) is 0 Å². The van der Waals surface area contributed by atoms with Crippen LogP contribution >= 0.6 is 15.9 Å². The molecule has 3 rings (SSSR count). The number of fused-ring (bicyclic) bond motifs is 1. The van der Waals surface area contributed by atoms with Crippen LogP contribution in [0.1, 0.15) is 24.9 Å². The van der Waals surface area contributed by atoms with Gasteiger partial charge in [-0.3, -0.25) is 4.98 Å². The van der Waals surface area contributed by atoms with Crippen LogP contribution in [0.4, 0.5) is 5.69 Å². The average molecular weight is 341 g/mol. The molecule has 1 atom stereocenters. The molecule has 0 fully saturated rings. The maximum Gasteiger partial charge on any atom is 0.0933 e. The summed E-state index contributed by atoms with van der Waals surface area (Å²) in [5, 5.41) is 4.79. The highest BCUT2D eigenvalue weighted by Gasteiger charge is 2.11. The van der Waals surface area contributed by atoms with Crippen LogP contribution in [-0.2, 0) is 0 Å². The smallest absolute Gasteiger partial charge is 0.0933 e. The topological polar surface area (TPSA) is 24.9 Å². The van der Waals surface area contributed by atoms with Crippen molar-refractivity contribution in [3.8, 4) is 0 Å². The van der Waals surface area contributed by atoms with Gasteiger partial charge in [0.15, 0.2) is 0 Å². The van der Waals surface area contributed by atoms with Gasteiger partial charge in [-0.2, -0.15) is 0 Å². The first-order valence-electron chi connectivity index (χ1n) is 7.13. The maximum atomic E-state index is 4.51. The van der Waals surface area contributed by atoms with Gasteiger partial charge in [0.25, 0.3) is 0 Å². The first kappa shape index (κ1) is 14.1. The van der Waals surface area contributed by atoms with Crippen LogP contribution in [0.25, 0.3) is 10.9 Å². The zero-order chi connectivity index (χ0) is 14.7. The van der Waals surface area contributed by atoms with Gasteiger partial charge in [-0.1, -0.05) is 53.2 Å². The lowest BCUT2D eigenvalue weighted by Crippen LogP contribution is -2.10. The fourth-order valence-corrected chi connectivity index (χ4v) is 2.79. The third-order valence-electron chi connectivity index (χ3n) is 3.64. The SMILES string of the molecule is CCC(Nc1cccc2cccnc12)c1ccc(Br)cc1. The van der Waals surface area contributed by atoms with E-state index in [9.17, 15) is 0 Å². The third-order valence-corrected chi connectivity index (χ3v) is 4.17. The van der Waals surface area contributed by atoms with Gasteiger partial charge in [0.05, 0.1) is 17.2 Å². The molecule has 106 valence electrons. The zero-order valence-corrected chi connectivity index (χ0v) is 13.5. The van der Waals surface area contributed by atoms with E-state index in [1.807, 2.05) is 12.3 Å². The highest BCUT2D eigenvalue weighted by Crippen LogP contribution is 2.28. The minimum Gasteiger partial charge on any atom is -0.376 e. The molecule has 1 unspecified atom stereocenters. The number of para-hydroxylation sites is 1. The van der Waals surface area contributed by atoms with Crippen LogP contribution < -0.4 is 5.32 Å². The quantitative estimate of drug-likeness (QED) is 0.672. The Labute approximate surface area is 133 Å². The zero-order valence-electron chi connectivity index (χ0n) is 11.9. The number of anilines is 1. The summed E-state index contributed by atoms with van der Waals surface area (Å²) < 4.78 is 1.10. The van der Waals surface area contributed by atoms with Crippen LogP contribution in [0.15, 0.2) is 65.3 Å². The molecule has 1 heterocycles. The Morgan fingerprint density at radius 1 is 1.05 bits per heavy atom. The van der Waals surface area contributed by atoms with Crippen molar-refractivity contribution in [3.05, 3.63) is 70.8 Å². The van der Waals surface area contributed by atoms with Crippen LogP contribution in [0.2, 0.25) is 0 Å². The lowest BCUT2D eigenvalue weighted by molar-refractivity contribution is 0.750. The Balaban J connectivity index is 1.94. The van der Waals surface area contributed by atoms with E-state index in [1.54, 1.807) is 0 Å². The Morgan fingerprint density at radius 2 is 1.81 bits per heavy atom. The average Bonchev–Trinajstić information content (AvgIpc) is 2.54. The van der Waals surface area contributed by atoms with Crippen molar-refractivity contribution >= 4 is 32.5 Å². The van der Waals surface area contributed by atoms with Crippen LogP contribution in [-0.4, -0.2) is 4.98 Å². The number of pyridine rings is 1. The molecule has 0 radical (unpaired) electrons. The van der Waals surface area contributed by atoms with Gasteiger partial charge in [0, 0.05) is 16.1 Å². The van der Waals surface area contributed by atoms with Crippen molar-refractivity contribution in [1.82, 2.24) is 4.98 Å². The van der Waals surface area contributed by atoms with Gasteiger partial charge < -0.3 is 5.32 Å². The number of nitrogens with one attached hydrogen (secondary N) is 1. The summed E-state index contributed by atoms with van der Waals surface area (Å²) in [6, 6.07) is 19.1. The van der Waals surface area contributed by atoms with Gasteiger partial charge in [-0.05, 0) is 36.2 Å². The van der Waals surface area contributed by atoms with Crippen molar-refractivity contribution in [3.63, 3.8) is 0 Å². The van der Waals surface area contributed by atoms with Crippen molar-refractivity contribution in [2.24, 2.45) is 0 Å². The number of hydrogen-bond acceptors (Lipinski definition) is 2. The van der Waals surface area contributed by atoms with Crippen molar-refractivity contribution in [2.45, 2.75) is 19.4 Å². The largest absolute Gasteiger partial charge is 0.376 e. The summed E-state index contributed by atoms with van der Waals surface area (Å²) in [7, 11) is 0. The molecule has 21 heavy (non-hydrogen) atoms. The fourth-order valence-electron chi connectivity index (χ4n) is 2.52. The molecular formula is C18H17BrN2. The Hall–Kier alpha value is -1.87. The van der Waals surface area contributed by atoms with E-state index in [0.717, 1.165) is 27.5 Å². The lowest BCUT2D eigenvalue weighted by atomic mass is 10.0. The van der Waals surface area contributed by atoms with Gasteiger partial charge in [-0.15, -0.1) is 0 Å². The molecule has 2 nitrogen and oxygen atoms in total. The predicted molar refractivity (Wildman–Crippen MR) is 92.5 cm³/mol. The molecule has 0 aliphatic heterocycles. The minimum atomic E-state index is 0.283. The molecule has 0 saturated carbocycles. The Morgan fingerprint density at radius 3 is 2.57 bits per heavy atom. The molecule has 3 aromatic rings. The summed E-state index contributed by atoms with van der Waals surface area (Å²) in [5.74, 6) is 0. The number of aromatic nitrogens is 1. The van der Waals surface area contributed by atoms with Crippen molar-refractivity contribution in [2.75, 3.05) is 5.32 Å². The third kappa shape index (κ3) is 3.08. The van der Waals surface area contributed by atoms with E-state index >= 15 is 0 Å². The highest BCUT2D eigenvalue weighted by atomic mass is 79.9. The molecule has 2 aromatic carbocycles. The van der Waals surface area contributed by atoms with E-state index < -0.39 is 0 Å². The molecule has 0 amide bonds. The summed E-state index contributed by atoms with van der Waals surface area (Å²) in [6.45, 7) is 2.19. The van der Waals surface area contributed by atoms with Crippen molar-refractivity contribution < 1.29 is 0 Å². The van der Waals surface area contributed by atoms with Crippen LogP contribution in [0.3, 0.4) is 0 Å². The van der Waals surface area contributed by atoms with Gasteiger partial charge >= 0.3 is 0 Å². The summed E-state index contributed by atoms with van der Waals surface area (Å²) in [5.41, 5.74) is 3.40. The molecule has 0 aliphatic carbocycles. The van der Waals surface area contributed by atoms with Crippen LogP contribution in [0, 0.1) is 0 Å². The molecule has 0 aliphatic rings. The van der Waals surface area contributed by atoms with Gasteiger partial charge in [0.1, 0.15) is 0 Å². The summed E-state index contributed by atoms with van der Waals surface area (Å²) >= 11 is 3.49. The second kappa shape index (κ2) is 6.27. The monoisotopic (exact) mass is 340 g/mol. The Bertz CT molecular complexity index is 732. The summed E-state index contributed by atoms with van der Waals surface area (Å²) in [6.07, 6.45) is 2.86. The molecule has 0 bridgehead atoms.